The van der Waals surface area contributed by atoms with Crippen LogP contribution in [0, 0.1) is 21.4 Å². The molecule has 1 saturated carbocycles. The molecule has 0 aliphatic heterocycles. The largest absolute Gasteiger partial charge is 0.496 e. The van der Waals surface area contributed by atoms with Gasteiger partial charge in [-0.2, -0.15) is 0 Å². The van der Waals surface area contributed by atoms with Gasteiger partial charge in [0.2, 0.25) is 0 Å². The summed E-state index contributed by atoms with van der Waals surface area (Å²) < 4.78 is 5.00. The molecule has 1 aliphatic carbocycles. The van der Waals surface area contributed by atoms with Crippen molar-refractivity contribution in [2.75, 3.05) is 19.0 Å². The van der Waals surface area contributed by atoms with E-state index in [9.17, 15) is 10.1 Å². The van der Waals surface area contributed by atoms with Crippen LogP contribution >= 0.6 is 0 Å². The van der Waals surface area contributed by atoms with Gasteiger partial charge in [-0.25, -0.2) is 0 Å². The van der Waals surface area contributed by atoms with E-state index in [0.29, 0.717) is 22.8 Å². The van der Waals surface area contributed by atoms with Gasteiger partial charge < -0.3 is 10.1 Å². The number of methoxy groups -OCH3 is 1. The SMILES string of the molecule is COc1ccc(NCC2CC2(C)C)c([N+](=O)[O-])c1. The monoisotopic (exact) mass is 250 g/mol. The standard InChI is InChI=1S/C13H18N2O3/c1-13(2)7-9(13)8-14-11-5-4-10(18-3)6-12(11)15(16)17/h4-6,9,14H,7-8H2,1-3H3. The molecule has 1 unspecified atom stereocenters. The van der Waals surface area contributed by atoms with E-state index in [1.165, 1.54) is 19.6 Å². The van der Waals surface area contributed by atoms with Crippen molar-refractivity contribution < 1.29 is 9.66 Å². The van der Waals surface area contributed by atoms with Gasteiger partial charge in [0, 0.05) is 6.54 Å². The van der Waals surface area contributed by atoms with Gasteiger partial charge in [0.1, 0.15) is 11.4 Å². The molecule has 0 heterocycles. The van der Waals surface area contributed by atoms with Crippen molar-refractivity contribution in [3.05, 3.63) is 28.3 Å². The summed E-state index contributed by atoms with van der Waals surface area (Å²) in [6, 6.07) is 4.88. The Labute approximate surface area is 106 Å². The maximum Gasteiger partial charge on any atom is 0.296 e. The number of rotatable bonds is 5. The van der Waals surface area contributed by atoms with Crippen LogP contribution in [0.1, 0.15) is 20.3 Å². The van der Waals surface area contributed by atoms with Gasteiger partial charge in [-0.15, -0.1) is 0 Å². The van der Waals surface area contributed by atoms with Crippen molar-refractivity contribution in [1.82, 2.24) is 0 Å². The molecule has 98 valence electrons. The lowest BCUT2D eigenvalue weighted by molar-refractivity contribution is -0.384. The molecule has 1 aromatic rings. The Hall–Kier alpha value is -1.78. The molecule has 1 aromatic carbocycles. The average molecular weight is 250 g/mol. The molecule has 0 saturated heterocycles. The van der Waals surface area contributed by atoms with Gasteiger partial charge >= 0.3 is 0 Å². The van der Waals surface area contributed by atoms with Crippen molar-refractivity contribution >= 4 is 11.4 Å². The number of nitrogens with one attached hydrogen (secondary N) is 1. The molecule has 0 amide bonds. The van der Waals surface area contributed by atoms with Crippen LogP contribution in [0.3, 0.4) is 0 Å². The lowest BCUT2D eigenvalue weighted by Gasteiger charge is -2.09. The van der Waals surface area contributed by atoms with E-state index in [1.807, 2.05) is 0 Å². The first kappa shape index (κ1) is 12.7. The van der Waals surface area contributed by atoms with Crippen LogP contribution in [-0.2, 0) is 0 Å². The fourth-order valence-corrected chi connectivity index (χ4v) is 2.10. The quantitative estimate of drug-likeness (QED) is 0.644. The fraction of sp³-hybridized carbons (Fsp3) is 0.538. The fourth-order valence-electron chi connectivity index (χ4n) is 2.10. The third kappa shape index (κ3) is 2.55. The van der Waals surface area contributed by atoms with E-state index < -0.39 is 0 Å². The van der Waals surface area contributed by atoms with Crippen molar-refractivity contribution in [3.8, 4) is 5.75 Å². The number of hydrogen-bond acceptors (Lipinski definition) is 4. The molecule has 0 spiro atoms. The van der Waals surface area contributed by atoms with Crippen LogP contribution < -0.4 is 10.1 Å². The normalized spacial score (nSPS) is 20.3. The minimum absolute atomic E-state index is 0.0628. The smallest absolute Gasteiger partial charge is 0.296 e. The third-order valence-electron chi connectivity index (χ3n) is 3.66. The molecule has 0 bridgehead atoms. The van der Waals surface area contributed by atoms with Gasteiger partial charge in [0.05, 0.1) is 18.1 Å². The molecular weight excluding hydrogens is 232 g/mol. The van der Waals surface area contributed by atoms with Crippen LogP contribution in [0.15, 0.2) is 18.2 Å². The minimum atomic E-state index is -0.386. The summed E-state index contributed by atoms with van der Waals surface area (Å²) in [5, 5.41) is 14.2. The molecule has 5 heteroatoms. The Morgan fingerprint density at radius 2 is 2.22 bits per heavy atom. The zero-order valence-electron chi connectivity index (χ0n) is 10.9. The highest BCUT2D eigenvalue weighted by Gasteiger charge is 2.45. The summed E-state index contributed by atoms with van der Waals surface area (Å²) in [5.41, 5.74) is 0.991. The van der Waals surface area contributed by atoms with Crippen molar-refractivity contribution in [1.29, 1.82) is 0 Å². The number of nitro benzene ring substituents is 1. The zero-order chi connectivity index (χ0) is 13.3. The molecule has 1 fully saturated rings. The van der Waals surface area contributed by atoms with Gasteiger partial charge in [-0.1, -0.05) is 13.8 Å². The lowest BCUT2D eigenvalue weighted by Crippen LogP contribution is -2.08. The molecule has 0 aromatic heterocycles. The summed E-state index contributed by atoms with van der Waals surface area (Å²) >= 11 is 0. The molecule has 2 rings (SSSR count). The maximum absolute atomic E-state index is 11.0. The van der Waals surface area contributed by atoms with Crippen LogP contribution in [0.25, 0.3) is 0 Å². The zero-order valence-corrected chi connectivity index (χ0v) is 10.9. The van der Waals surface area contributed by atoms with Crippen LogP contribution in [-0.4, -0.2) is 18.6 Å². The summed E-state index contributed by atoms with van der Waals surface area (Å²) in [4.78, 5) is 10.6. The van der Waals surface area contributed by atoms with Gasteiger partial charge in [-0.3, -0.25) is 10.1 Å². The summed E-state index contributed by atoms with van der Waals surface area (Å²) in [7, 11) is 1.50. The summed E-state index contributed by atoms with van der Waals surface area (Å²) in [6.07, 6.45) is 1.17. The molecule has 1 N–H and O–H groups in total. The van der Waals surface area contributed by atoms with Crippen LogP contribution in [0.4, 0.5) is 11.4 Å². The number of benzene rings is 1. The second-order valence-corrected chi connectivity index (χ2v) is 5.41. The molecule has 5 nitrogen and oxygen atoms in total. The molecule has 18 heavy (non-hydrogen) atoms. The van der Waals surface area contributed by atoms with Crippen molar-refractivity contribution in [3.63, 3.8) is 0 Å². The summed E-state index contributed by atoms with van der Waals surface area (Å²) in [6.45, 7) is 5.20. The van der Waals surface area contributed by atoms with Crippen LogP contribution in [0.5, 0.6) is 5.75 Å². The summed E-state index contributed by atoms with van der Waals surface area (Å²) in [5.74, 6) is 1.10. The average Bonchev–Trinajstić information content (AvgIpc) is 2.94. The number of nitro groups is 1. The molecule has 1 atom stereocenters. The first-order chi connectivity index (χ1) is 8.44. The Morgan fingerprint density at radius 3 is 2.72 bits per heavy atom. The lowest BCUT2D eigenvalue weighted by atomic mass is 10.1. The topological polar surface area (TPSA) is 64.4 Å². The first-order valence-electron chi connectivity index (χ1n) is 6.00. The van der Waals surface area contributed by atoms with Crippen molar-refractivity contribution in [2.24, 2.45) is 11.3 Å². The predicted molar refractivity (Wildman–Crippen MR) is 70.0 cm³/mol. The molecular formula is C13H18N2O3. The van der Waals surface area contributed by atoms with Crippen molar-refractivity contribution in [2.45, 2.75) is 20.3 Å². The Balaban J connectivity index is 2.09. The second-order valence-electron chi connectivity index (χ2n) is 5.41. The van der Waals surface area contributed by atoms with E-state index >= 15 is 0 Å². The Kier molecular flexibility index (Phi) is 3.15. The number of nitrogens with zero attached hydrogens (tertiary/aromatic N) is 1. The predicted octanol–water partition coefficient (Wildman–Crippen LogP) is 3.06. The Bertz CT molecular complexity index is 471. The van der Waals surface area contributed by atoms with Gasteiger partial charge in [0.15, 0.2) is 0 Å². The van der Waals surface area contributed by atoms with E-state index in [2.05, 4.69) is 19.2 Å². The van der Waals surface area contributed by atoms with Gasteiger partial charge in [-0.05, 0) is 29.9 Å². The second kappa shape index (κ2) is 4.48. The van der Waals surface area contributed by atoms with E-state index in [-0.39, 0.29) is 10.6 Å². The number of hydrogen-bond donors (Lipinski definition) is 1. The minimum Gasteiger partial charge on any atom is -0.496 e. The van der Waals surface area contributed by atoms with E-state index in [1.54, 1.807) is 12.1 Å². The van der Waals surface area contributed by atoms with Gasteiger partial charge in [0.25, 0.3) is 5.69 Å². The highest BCUT2D eigenvalue weighted by molar-refractivity contribution is 5.64. The van der Waals surface area contributed by atoms with E-state index in [0.717, 1.165) is 6.54 Å². The number of ether oxygens (including phenoxy) is 1. The van der Waals surface area contributed by atoms with Crippen LogP contribution in [0.2, 0.25) is 0 Å². The molecule has 1 aliphatic rings. The maximum atomic E-state index is 11.0. The molecule has 0 radical (unpaired) electrons. The third-order valence-corrected chi connectivity index (χ3v) is 3.66. The van der Waals surface area contributed by atoms with E-state index in [4.69, 9.17) is 4.74 Å². The highest BCUT2D eigenvalue weighted by atomic mass is 16.6. The number of anilines is 1. The first-order valence-corrected chi connectivity index (χ1v) is 6.00. The Morgan fingerprint density at radius 1 is 1.56 bits per heavy atom. The highest BCUT2D eigenvalue weighted by Crippen LogP contribution is 2.51.